The molecule has 0 aliphatic heterocycles. The van der Waals surface area contributed by atoms with Gasteiger partial charge in [0.2, 0.25) is 0 Å². The second-order valence-electron chi connectivity index (χ2n) is 5.18. The average Bonchev–Trinajstić information content (AvgIpc) is 3.06. The Hall–Kier alpha value is -2.99. The lowest BCUT2D eigenvalue weighted by atomic mass is 10.1. The van der Waals surface area contributed by atoms with Crippen LogP contribution in [0.5, 0.6) is 5.75 Å². The van der Waals surface area contributed by atoms with Crippen LogP contribution in [0, 0.1) is 0 Å². The highest BCUT2D eigenvalue weighted by Gasteiger charge is 2.13. The van der Waals surface area contributed by atoms with E-state index in [1.807, 2.05) is 30.3 Å². The Morgan fingerprint density at radius 2 is 1.96 bits per heavy atom. The van der Waals surface area contributed by atoms with Gasteiger partial charge in [0.05, 0.1) is 20.3 Å². The summed E-state index contributed by atoms with van der Waals surface area (Å²) < 4.78 is 6.80. The lowest BCUT2D eigenvalue weighted by molar-refractivity contribution is 0.112. The molecule has 3 rings (SSSR count). The first-order chi connectivity index (χ1) is 11.7. The van der Waals surface area contributed by atoms with E-state index in [0.717, 1.165) is 23.2 Å². The molecule has 0 spiro atoms. The molecule has 6 heteroatoms. The van der Waals surface area contributed by atoms with E-state index in [1.165, 1.54) is 0 Å². The van der Waals surface area contributed by atoms with E-state index in [-0.39, 0.29) is 6.61 Å². The van der Waals surface area contributed by atoms with Gasteiger partial charge < -0.3 is 9.84 Å². The summed E-state index contributed by atoms with van der Waals surface area (Å²) in [5.41, 5.74) is 2.19. The average molecular weight is 323 g/mol. The van der Waals surface area contributed by atoms with Gasteiger partial charge in [0.1, 0.15) is 12.0 Å². The maximum atomic E-state index is 11.0. The van der Waals surface area contributed by atoms with Crippen LogP contribution in [0.15, 0.2) is 48.5 Å². The summed E-state index contributed by atoms with van der Waals surface area (Å²) in [6.07, 6.45) is 0.792. The third-order valence-electron chi connectivity index (χ3n) is 3.61. The number of hydrogen-bond acceptors (Lipinski definition) is 5. The first-order valence-electron chi connectivity index (χ1n) is 7.51. The van der Waals surface area contributed by atoms with E-state index in [4.69, 9.17) is 4.74 Å². The van der Waals surface area contributed by atoms with Crippen LogP contribution in [0.3, 0.4) is 0 Å². The third kappa shape index (κ3) is 3.18. The number of nitrogens with zero attached hydrogens (tertiary/aromatic N) is 3. The van der Waals surface area contributed by atoms with E-state index >= 15 is 0 Å². The zero-order chi connectivity index (χ0) is 16.9. The maximum Gasteiger partial charge on any atom is 0.181 e. The van der Waals surface area contributed by atoms with Crippen molar-refractivity contribution < 1.29 is 14.6 Å². The quantitative estimate of drug-likeness (QED) is 0.705. The molecule has 0 radical (unpaired) electrons. The number of ether oxygens (including phenoxy) is 1. The predicted octanol–water partition coefficient (Wildman–Crippen LogP) is 2.43. The molecular formula is C18H17N3O3. The van der Waals surface area contributed by atoms with Gasteiger partial charge in [-0.1, -0.05) is 18.2 Å². The fourth-order valence-corrected chi connectivity index (χ4v) is 2.42. The number of carbonyl (C=O) groups excluding carboxylic acids is 1. The van der Waals surface area contributed by atoms with Crippen molar-refractivity contribution in [2.75, 3.05) is 13.7 Å². The molecule has 0 amide bonds. The topological polar surface area (TPSA) is 77.2 Å². The minimum atomic E-state index is -0.0498. The normalized spacial score (nSPS) is 10.6. The standard InChI is InChI=1S/C18H17N3O3/c1-24-16-7-5-14(6-8-16)17-19-18(21(20-17)9-10-22)15-4-2-3-13(11-15)12-23/h2-8,11-12,22H,9-10H2,1H3. The van der Waals surface area contributed by atoms with Gasteiger partial charge in [-0.05, 0) is 30.3 Å². The number of methoxy groups -OCH3 is 1. The summed E-state index contributed by atoms with van der Waals surface area (Å²) in [5, 5.41) is 13.8. The Morgan fingerprint density at radius 3 is 2.62 bits per heavy atom. The fraction of sp³-hybridized carbons (Fsp3) is 0.167. The van der Waals surface area contributed by atoms with Crippen LogP contribution in [0.25, 0.3) is 22.8 Å². The van der Waals surface area contributed by atoms with Crippen molar-refractivity contribution in [3.8, 4) is 28.5 Å². The van der Waals surface area contributed by atoms with Crippen molar-refractivity contribution >= 4 is 6.29 Å². The number of hydrogen-bond donors (Lipinski definition) is 1. The zero-order valence-electron chi connectivity index (χ0n) is 13.2. The predicted molar refractivity (Wildman–Crippen MR) is 89.9 cm³/mol. The van der Waals surface area contributed by atoms with Crippen LogP contribution < -0.4 is 4.74 Å². The molecule has 3 aromatic rings. The molecule has 0 bridgehead atoms. The summed E-state index contributed by atoms with van der Waals surface area (Å²) in [5.74, 6) is 1.92. The summed E-state index contributed by atoms with van der Waals surface area (Å²) in [7, 11) is 1.61. The Bertz CT molecular complexity index is 841. The van der Waals surface area contributed by atoms with Crippen LogP contribution >= 0.6 is 0 Å². The molecule has 0 saturated carbocycles. The Morgan fingerprint density at radius 1 is 1.17 bits per heavy atom. The van der Waals surface area contributed by atoms with Crippen molar-refractivity contribution in [2.45, 2.75) is 6.54 Å². The van der Waals surface area contributed by atoms with Crippen molar-refractivity contribution in [3.05, 3.63) is 54.1 Å². The van der Waals surface area contributed by atoms with Crippen molar-refractivity contribution in [1.82, 2.24) is 14.8 Å². The van der Waals surface area contributed by atoms with Crippen LogP contribution in [0.2, 0.25) is 0 Å². The highest BCUT2D eigenvalue weighted by molar-refractivity contribution is 5.78. The van der Waals surface area contributed by atoms with Crippen LogP contribution in [-0.4, -0.2) is 39.9 Å². The number of aldehydes is 1. The molecule has 122 valence electrons. The van der Waals surface area contributed by atoms with Gasteiger partial charge in [-0.2, -0.15) is 5.10 Å². The van der Waals surface area contributed by atoms with Gasteiger partial charge in [-0.15, -0.1) is 0 Å². The minimum absolute atomic E-state index is 0.0498. The smallest absolute Gasteiger partial charge is 0.181 e. The van der Waals surface area contributed by atoms with Gasteiger partial charge in [0.15, 0.2) is 11.6 Å². The van der Waals surface area contributed by atoms with E-state index in [2.05, 4.69) is 10.1 Å². The highest BCUT2D eigenvalue weighted by atomic mass is 16.5. The maximum absolute atomic E-state index is 11.0. The van der Waals surface area contributed by atoms with E-state index in [1.54, 1.807) is 30.0 Å². The lowest BCUT2D eigenvalue weighted by Gasteiger charge is -2.04. The Labute approximate surface area is 139 Å². The molecule has 1 heterocycles. The summed E-state index contributed by atoms with van der Waals surface area (Å²) in [4.78, 5) is 15.6. The minimum Gasteiger partial charge on any atom is -0.497 e. The number of aliphatic hydroxyl groups is 1. The Balaban J connectivity index is 2.04. The number of aliphatic hydroxyl groups excluding tert-OH is 1. The number of aromatic nitrogens is 3. The first kappa shape index (κ1) is 15.9. The van der Waals surface area contributed by atoms with Crippen molar-refractivity contribution in [2.24, 2.45) is 0 Å². The van der Waals surface area contributed by atoms with Crippen LogP contribution in [0.4, 0.5) is 0 Å². The zero-order valence-corrected chi connectivity index (χ0v) is 13.2. The van der Waals surface area contributed by atoms with E-state index < -0.39 is 0 Å². The summed E-state index contributed by atoms with van der Waals surface area (Å²) >= 11 is 0. The molecule has 0 aliphatic carbocycles. The second-order valence-corrected chi connectivity index (χ2v) is 5.18. The van der Waals surface area contributed by atoms with Gasteiger partial charge in [0, 0.05) is 16.7 Å². The monoisotopic (exact) mass is 323 g/mol. The van der Waals surface area contributed by atoms with E-state index in [9.17, 15) is 9.90 Å². The Kier molecular flexibility index (Phi) is 4.67. The number of benzene rings is 2. The lowest BCUT2D eigenvalue weighted by Crippen LogP contribution is -2.06. The molecule has 1 aromatic heterocycles. The summed E-state index contributed by atoms with van der Waals surface area (Å²) in [6, 6.07) is 14.6. The molecule has 1 N–H and O–H groups in total. The van der Waals surface area contributed by atoms with Crippen molar-refractivity contribution in [1.29, 1.82) is 0 Å². The largest absolute Gasteiger partial charge is 0.497 e. The molecule has 6 nitrogen and oxygen atoms in total. The second kappa shape index (κ2) is 7.06. The van der Waals surface area contributed by atoms with Gasteiger partial charge >= 0.3 is 0 Å². The molecule has 2 aromatic carbocycles. The molecule has 0 saturated heterocycles. The highest BCUT2D eigenvalue weighted by Crippen LogP contribution is 2.24. The number of rotatable bonds is 6. The first-order valence-corrected chi connectivity index (χ1v) is 7.51. The third-order valence-corrected chi connectivity index (χ3v) is 3.61. The molecule has 0 aliphatic rings. The van der Waals surface area contributed by atoms with E-state index in [0.29, 0.717) is 23.8 Å². The van der Waals surface area contributed by atoms with Crippen LogP contribution in [-0.2, 0) is 6.54 Å². The van der Waals surface area contributed by atoms with Gasteiger partial charge in [0.25, 0.3) is 0 Å². The van der Waals surface area contributed by atoms with Gasteiger partial charge in [-0.25, -0.2) is 9.67 Å². The van der Waals surface area contributed by atoms with Crippen molar-refractivity contribution in [3.63, 3.8) is 0 Å². The van der Waals surface area contributed by atoms with Gasteiger partial charge in [-0.3, -0.25) is 4.79 Å². The molecular weight excluding hydrogens is 306 g/mol. The SMILES string of the molecule is COc1ccc(-c2nc(-c3cccc(C=O)c3)n(CCO)n2)cc1. The molecule has 0 unspecified atom stereocenters. The molecule has 24 heavy (non-hydrogen) atoms. The molecule has 0 atom stereocenters. The molecule has 0 fully saturated rings. The van der Waals surface area contributed by atoms with Crippen LogP contribution in [0.1, 0.15) is 10.4 Å². The summed E-state index contributed by atoms with van der Waals surface area (Å²) in [6.45, 7) is 0.273. The number of carbonyl (C=O) groups is 1. The fourth-order valence-electron chi connectivity index (χ4n) is 2.42.